The van der Waals surface area contributed by atoms with Gasteiger partial charge in [0.2, 0.25) is 5.76 Å². The summed E-state index contributed by atoms with van der Waals surface area (Å²) in [7, 11) is 0. The topological polar surface area (TPSA) is 59.8 Å². The highest BCUT2D eigenvalue weighted by Crippen LogP contribution is 2.39. The largest absolute Gasteiger partial charge is 0.494 e. The maximum atomic E-state index is 13.6. The highest BCUT2D eigenvalue weighted by molar-refractivity contribution is 6.30. The molecule has 0 fully saturated rings. The summed E-state index contributed by atoms with van der Waals surface area (Å²) >= 11 is 6.06. The van der Waals surface area contributed by atoms with E-state index in [4.69, 9.17) is 20.8 Å². The van der Waals surface area contributed by atoms with Crippen LogP contribution in [0.15, 0.2) is 82.0 Å². The first-order chi connectivity index (χ1) is 17.6. The van der Waals surface area contributed by atoms with Gasteiger partial charge in [-0.15, -0.1) is 0 Å². The molecule has 0 N–H and O–H groups in total. The molecular formula is C30H28ClNO4. The summed E-state index contributed by atoms with van der Waals surface area (Å²) in [5.74, 6) is 0.576. The number of nitrogens with zero attached hydrogens (tertiary/aromatic N) is 1. The summed E-state index contributed by atoms with van der Waals surface area (Å²) in [6, 6.07) is 21.5. The maximum Gasteiger partial charge on any atom is 0.291 e. The second-order valence-electron chi connectivity index (χ2n) is 9.11. The van der Waals surface area contributed by atoms with Crippen molar-refractivity contribution in [1.82, 2.24) is 4.90 Å². The quantitative estimate of drug-likeness (QED) is 0.228. The van der Waals surface area contributed by atoms with E-state index < -0.39 is 6.04 Å². The van der Waals surface area contributed by atoms with Crippen molar-refractivity contribution in [3.05, 3.63) is 110 Å². The molecule has 0 radical (unpaired) electrons. The van der Waals surface area contributed by atoms with E-state index >= 15 is 0 Å². The molecule has 1 aliphatic heterocycles. The maximum absolute atomic E-state index is 13.6. The number of hydrogen-bond donors (Lipinski definition) is 0. The Morgan fingerprint density at radius 2 is 1.67 bits per heavy atom. The van der Waals surface area contributed by atoms with E-state index in [9.17, 15) is 9.59 Å². The fourth-order valence-corrected chi connectivity index (χ4v) is 4.85. The Balaban J connectivity index is 1.51. The number of halogens is 1. The highest BCUT2D eigenvalue weighted by Gasteiger charge is 2.42. The summed E-state index contributed by atoms with van der Waals surface area (Å²) in [6.45, 7) is 3.17. The summed E-state index contributed by atoms with van der Waals surface area (Å²) in [5, 5.41) is 1.09. The Morgan fingerprint density at radius 1 is 0.917 bits per heavy atom. The fourth-order valence-electron chi connectivity index (χ4n) is 4.73. The van der Waals surface area contributed by atoms with Crippen LogP contribution in [0.2, 0.25) is 5.02 Å². The van der Waals surface area contributed by atoms with E-state index in [1.54, 1.807) is 41.3 Å². The van der Waals surface area contributed by atoms with E-state index in [2.05, 4.69) is 6.92 Å². The zero-order valence-electron chi connectivity index (χ0n) is 20.2. The molecule has 2 heterocycles. The average Bonchev–Trinajstić information content (AvgIpc) is 3.17. The Kier molecular flexibility index (Phi) is 7.10. The van der Waals surface area contributed by atoms with Crippen molar-refractivity contribution < 1.29 is 13.9 Å². The van der Waals surface area contributed by atoms with Gasteiger partial charge in [-0.2, -0.15) is 0 Å². The molecule has 5 nitrogen and oxygen atoms in total. The molecule has 0 bridgehead atoms. The second kappa shape index (κ2) is 10.6. The molecule has 1 unspecified atom stereocenters. The van der Waals surface area contributed by atoms with Crippen LogP contribution >= 0.6 is 11.6 Å². The number of unbranched alkanes of at least 4 members (excludes halogenated alkanes) is 3. The highest BCUT2D eigenvalue weighted by atomic mass is 35.5. The minimum atomic E-state index is -0.567. The SMILES string of the molecule is CCCCCCOc1ccc(C2c3c(oc4ccccc4c3=O)C(=O)N2Cc2ccc(Cl)cc2)cc1. The van der Waals surface area contributed by atoms with E-state index in [0.29, 0.717) is 34.7 Å². The Bertz CT molecular complexity index is 1430. The smallest absolute Gasteiger partial charge is 0.291 e. The fraction of sp³-hybridized carbons (Fsp3) is 0.267. The third-order valence-electron chi connectivity index (χ3n) is 6.60. The summed E-state index contributed by atoms with van der Waals surface area (Å²) < 4.78 is 11.9. The first kappa shape index (κ1) is 24.1. The molecule has 1 aromatic heterocycles. The average molecular weight is 502 g/mol. The van der Waals surface area contributed by atoms with Crippen molar-refractivity contribution in [3.63, 3.8) is 0 Å². The van der Waals surface area contributed by atoms with Gasteiger partial charge in [-0.3, -0.25) is 9.59 Å². The van der Waals surface area contributed by atoms with Crippen LogP contribution in [-0.2, 0) is 6.54 Å². The lowest BCUT2D eigenvalue weighted by atomic mass is 9.98. The molecule has 4 aromatic rings. The molecule has 1 aliphatic rings. The van der Waals surface area contributed by atoms with E-state index in [-0.39, 0.29) is 17.1 Å². The number of rotatable bonds is 9. The number of ether oxygens (including phenoxy) is 1. The second-order valence-corrected chi connectivity index (χ2v) is 9.55. The number of benzene rings is 3. The first-order valence-electron chi connectivity index (χ1n) is 12.4. The van der Waals surface area contributed by atoms with Crippen LogP contribution in [0.3, 0.4) is 0 Å². The number of para-hydroxylation sites is 1. The van der Waals surface area contributed by atoms with Crippen LogP contribution in [0, 0.1) is 0 Å². The van der Waals surface area contributed by atoms with Crippen molar-refractivity contribution >= 4 is 28.5 Å². The van der Waals surface area contributed by atoms with Gasteiger partial charge in [0, 0.05) is 11.6 Å². The van der Waals surface area contributed by atoms with Gasteiger partial charge in [0.15, 0.2) is 5.43 Å². The van der Waals surface area contributed by atoms with Gasteiger partial charge >= 0.3 is 0 Å². The van der Waals surface area contributed by atoms with Gasteiger partial charge in [-0.25, -0.2) is 0 Å². The summed E-state index contributed by atoms with van der Waals surface area (Å²) in [6.07, 6.45) is 4.56. The molecule has 1 atom stereocenters. The standard InChI is InChI=1S/C30H28ClNO4/c1-2-3-4-7-18-35-23-16-12-21(13-17-23)27-26-28(33)24-8-5-6-9-25(24)36-29(26)30(34)32(27)19-20-10-14-22(31)15-11-20/h5-6,8-17,27H,2-4,7,18-19H2,1H3. The molecule has 0 saturated carbocycles. The molecular weight excluding hydrogens is 474 g/mol. The van der Waals surface area contributed by atoms with E-state index in [1.165, 1.54) is 12.8 Å². The molecule has 3 aromatic carbocycles. The van der Waals surface area contributed by atoms with Crippen LogP contribution in [0.4, 0.5) is 0 Å². The molecule has 5 rings (SSSR count). The number of carbonyl (C=O) groups is 1. The number of fused-ring (bicyclic) bond motifs is 2. The van der Waals surface area contributed by atoms with Gasteiger partial charge < -0.3 is 14.1 Å². The molecule has 184 valence electrons. The molecule has 36 heavy (non-hydrogen) atoms. The van der Waals surface area contributed by atoms with E-state index in [0.717, 1.165) is 29.7 Å². The minimum absolute atomic E-state index is 0.105. The van der Waals surface area contributed by atoms with Gasteiger partial charge in [-0.05, 0) is 53.9 Å². The number of hydrogen-bond acceptors (Lipinski definition) is 4. The molecule has 1 amide bonds. The van der Waals surface area contributed by atoms with E-state index in [1.807, 2.05) is 36.4 Å². The van der Waals surface area contributed by atoms with Gasteiger partial charge in [0.25, 0.3) is 5.91 Å². The lowest BCUT2D eigenvalue weighted by Gasteiger charge is -2.25. The third kappa shape index (κ3) is 4.76. The van der Waals surface area contributed by atoms with Crippen LogP contribution in [0.5, 0.6) is 5.75 Å². The lowest BCUT2D eigenvalue weighted by Crippen LogP contribution is -2.29. The van der Waals surface area contributed by atoms with Gasteiger partial charge in [0.1, 0.15) is 11.3 Å². The Morgan fingerprint density at radius 3 is 2.42 bits per heavy atom. The first-order valence-corrected chi connectivity index (χ1v) is 12.8. The number of amides is 1. The van der Waals surface area contributed by atoms with Crippen LogP contribution in [-0.4, -0.2) is 17.4 Å². The number of carbonyl (C=O) groups excluding carboxylic acids is 1. The molecule has 6 heteroatoms. The van der Waals surface area contributed by atoms with Crippen molar-refractivity contribution in [1.29, 1.82) is 0 Å². The normalized spacial score (nSPS) is 14.9. The monoisotopic (exact) mass is 501 g/mol. The summed E-state index contributed by atoms with van der Waals surface area (Å²) in [5.41, 5.74) is 2.35. The lowest BCUT2D eigenvalue weighted by molar-refractivity contribution is 0.0714. The van der Waals surface area contributed by atoms with Gasteiger partial charge in [0.05, 0.1) is 23.6 Å². The Labute approximate surface area is 215 Å². The van der Waals surface area contributed by atoms with Gasteiger partial charge in [-0.1, -0.05) is 74.2 Å². The zero-order chi connectivity index (χ0) is 25.1. The van der Waals surface area contributed by atoms with Crippen molar-refractivity contribution in [2.24, 2.45) is 0 Å². The minimum Gasteiger partial charge on any atom is -0.494 e. The Hall–Kier alpha value is -3.57. The zero-order valence-corrected chi connectivity index (χ0v) is 21.0. The van der Waals surface area contributed by atoms with Crippen molar-refractivity contribution in [3.8, 4) is 5.75 Å². The predicted molar refractivity (Wildman–Crippen MR) is 142 cm³/mol. The van der Waals surface area contributed by atoms with Crippen LogP contribution in [0.25, 0.3) is 11.0 Å². The molecule has 0 aliphatic carbocycles. The molecule has 0 spiro atoms. The third-order valence-corrected chi connectivity index (χ3v) is 6.85. The molecule has 0 saturated heterocycles. The predicted octanol–water partition coefficient (Wildman–Crippen LogP) is 7.15. The van der Waals surface area contributed by atoms with Crippen LogP contribution in [0.1, 0.15) is 65.9 Å². The summed E-state index contributed by atoms with van der Waals surface area (Å²) in [4.78, 5) is 28.9. The van der Waals surface area contributed by atoms with Crippen LogP contribution < -0.4 is 10.2 Å². The van der Waals surface area contributed by atoms with Crippen molar-refractivity contribution in [2.75, 3.05) is 6.61 Å². The van der Waals surface area contributed by atoms with Crippen molar-refractivity contribution in [2.45, 2.75) is 45.2 Å².